The van der Waals surface area contributed by atoms with Gasteiger partial charge in [-0.3, -0.25) is 4.98 Å². The maximum atomic E-state index is 5.07. The summed E-state index contributed by atoms with van der Waals surface area (Å²) >= 11 is 0. The zero-order valence-electron chi connectivity index (χ0n) is 32.5. The minimum Gasteiger partial charge on any atom is -0.327 e. The Morgan fingerprint density at radius 3 is 1.58 bits per heavy atom. The molecule has 0 radical (unpaired) electrons. The summed E-state index contributed by atoms with van der Waals surface area (Å²) in [6.07, 6.45) is 1.98. The third kappa shape index (κ3) is 6.19. The fourth-order valence-corrected chi connectivity index (χ4v) is 8.53. The van der Waals surface area contributed by atoms with Crippen molar-refractivity contribution in [3.8, 4) is 72.8 Å². The molecular weight excluding hydrogens is 717 g/mol. The Morgan fingerprint density at radius 2 is 0.915 bits per heavy atom. The number of benzene rings is 8. The van der Waals surface area contributed by atoms with Crippen molar-refractivity contribution in [2.75, 3.05) is 0 Å². The van der Waals surface area contributed by atoms with Crippen LogP contribution in [0.15, 0.2) is 212 Å². The van der Waals surface area contributed by atoms with E-state index in [9.17, 15) is 0 Å². The fourth-order valence-electron chi connectivity index (χ4n) is 8.53. The Hall–Kier alpha value is -7.82. The van der Waals surface area contributed by atoms with E-state index in [-0.39, 0.29) is 0 Å². The molecule has 0 atom stereocenters. The Kier molecular flexibility index (Phi) is 8.34. The van der Waals surface area contributed by atoms with Crippen molar-refractivity contribution in [3.05, 3.63) is 212 Å². The van der Waals surface area contributed by atoms with Gasteiger partial charge in [-0.2, -0.15) is 0 Å². The molecule has 4 nitrogen and oxygen atoms in total. The van der Waals surface area contributed by atoms with Crippen molar-refractivity contribution in [2.24, 2.45) is 7.05 Å². The molecule has 4 heteroatoms. The van der Waals surface area contributed by atoms with Gasteiger partial charge in [0.05, 0.1) is 27.8 Å². The largest absolute Gasteiger partial charge is 0.327 e. The first-order valence-electron chi connectivity index (χ1n) is 20.0. The molecule has 0 amide bonds. The van der Waals surface area contributed by atoms with Crippen molar-refractivity contribution in [2.45, 2.75) is 0 Å². The molecule has 0 bridgehead atoms. The van der Waals surface area contributed by atoms with Gasteiger partial charge < -0.3 is 9.13 Å². The van der Waals surface area contributed by atoms with Crippen LogP contribution in [-0.2, 0) is 7.05 Å². The summed E-state index contributed by atoms with van der Waals surface area (Å²) in [4.78, 5) is 10.1. The molecular formula is C55H38N4. The highest BCUT2D eigenvalue weighted by atomic mass is 15.1. The molecule has 3 aromatic heterocycles. The first kappa shape index (κ1) is 34.4. The number of para-hydroxylation sites is 2. The lowest BCUT2D eigenvalue weighted by Gasteiger charge is -2.12. The average Bonchev–Trinajstić information content (AvgIpc) is 3.83. The third-order valence-electron chi connectivity index (χ3n) is 11.6. The van der Waals surface area contributed by atoms with Gasteiger partial charge in [-0.05, 0) is 87.5 Å². The molecule has 0 saturated carbocycles. The van der Waals surface area contributed by atoms with Crippen LogP contribution in [0.5, 0.6) is 0 Å². The highest BCUT2D eigenvalue weighted by molar-refractivity contribution is 6.11. The molecule has 0 aliphatic rings. The summed E-state index contributed by atoms with van der Waals surface area (Å²) in [5, 5.41) is 2.39. The van der Waals surface area contributed by atoms with Crippen LogP contribution in [0.4, 0.5) is 0 Å². The predicted molar refractivity (Wildman–Crippen MR) is 245 cm³/mol. The Morgan fingerprint density at radius 1 is 0.356 bits per heavy atom. The smallest absolute Gasteiger partial charge is 0.140 e. The molecule has 0 aliphatic carbocycles. The average molecular weight is 755 g/mol. The maximum absolute atomic E-state index is 5.07. The van der Waals surface area contributed by atoms with E-state index in [1.54, 1.807) is 0 Å². The number of pyridine rings is 1. The summed E-state index contributed by atoms with van der Waals surface area (Å²) in [5.41, 5.74) is 18.0. The minimum absolute atomic E-state index is 0.930. The molecule has 8 aromatic carbocycles. The lowest BCUT2D eigenvalue weighted by atomic mass is 9.99. The summed E-state index contributed by atoms with van der Waals surface area (Å²) in [5.74, 6) is 0.942. The molecule has 59 heavy (non-hydrogen) atoms. The van der Waals surface area contributed by atoms with Crippen molar-refractivity contribution >= 4 is 32.8 Å². The van der Waals surface area contributed by atoms with E-state index in [0.29, 0.717) is 0 Å². The molecule has 11 rings (SSSR count). The van der Waals surface area contributed by atoms with Gasteiger partial charge in [-0.1, -0.05) is 158 Å². The molecule has 0 N–H and O–H groups in total. The van der Waals surface area contributed by atoms with Crippen molar-refractivity contribution in [1.29, 1.82) is 0 Å². The molecule has 3 heterocycles. The van der Waals surface area contributed by atoms with Crippen LogP contribution in [0.1, 0.15) is 0 Å². The van der Waals surface area contributed by atoms with Gasteiger partial charge in [-0.15, -0.1) is 0 Å². The molecule has 11 aromatic rings. The van der Waals surface area contributed by atoms with Gasteiger partial charge >= 0.3 is 0 Å². The second kappa shape index (κ2) is 14.3. The van der Waals surface area contributed by atoms with Crippen LogP contribution >= 0.6 is 0 Å². The SMILES string of the molecule is Cn1c(-c2ccc3c4cc(-c5ccc(-c6ccccc6)cc5)ccc4n(-c4cccc(-c5ccc(-c6ccc(-c7ccccc7)cc6)cn5)c4)c3c2)nc2ccccc21. The standard InChI is InChI=1S/C55H38N4/c1-58-53-18-9-8-17-51(53)57-55(58)45-27-30-48-49-34-43(41-23-19-39(20-24-41)37-11-4-2-5-12-37)29-32-52(49)59(54(48)35-45)47-16-10-15-44(33-47)50-31-28-46(36-56-50)42-25-21-40(22-26-42)38-13-6-3-7-14-38/h2-36H,1H3. The Balaban J connectivity index is 1.00. The van der Waals surface area contributed by atoms with E-state index in [4.69, 9.17) is 9.97 Å². The van der Waals surface area contributed by atoms with Crippen LogP contribution in [0.2, 0.25) is 0 Å². The number of fused-ring (bicyclic) bond motifs is 4. The van der Waals surface area contributed by atoms with Crippen molar-refractivity contribution in [3.63, 3.8) is 0 Å². The molecule has 0 aliphatic heterocycles. The highest BCUT2D eigenvalue weighted by Gasteiger charge is 2.18. The first-order chi connectivity index (χ1) is 29.1. The number of hydrogen-bond donors (Lipinski definition) is 0. The number of aryl methyl sites for hydroxylation is 1. The Bertz CT molecular complexity index is 3290. The lowest BCUT2D eigenvalue weighted by Crippen LogP contribution is -1.96. The molecule has 0 fully saturated rings. The topological polar surface area (TPSA) is 35.6 Å². The predicted octanol–water partition coefficient (Wildman–Crippen LogP) is 14.1. The zero-order valence-corrected chi connectivity index (χ0v) is 32.5. The van der Waals surface area contributed by atoms with E-state index in [1.807, 2.05) is 18.3 Å². The zero-order chi connectivity index (χ0) is 39.3. The van der Waals surface area contributed by atoms with Gasteiger partial charge in [-0.25, -0.2) is 4.98 Å². The number of rotatable bonds is 7. The van der Waals surface area contributed by atoms with Crippen LogP contribution in [0.3, 0.4) is 0 Å². The Labute approximate surface area is 343 Å². The second-order valence-electron chi connectivity index (χ2n) is 15.2. The minimum atomic E-state index is 0.930. The number of imidazole rings is 1. The van der Waals surface area contributed by atoms with Crippen LogP contribution in [0, 0.1) is 0 Å². The number of hydrogen-bond acceptors (Lipinski definition) is 2. The lowest BCUT2D eigenvalue weighted by molar-refractivity contribution is 0.959. The maximum Gasteiger partial charge on any atom is 0.140 e. The molecule has 278 valence electrons. The summed E-state index contributed by atoms with van der Waals surface area (Å²) in [6.45, 7) is 0. The van der Waals surface area contributed by atoms with E-state index in [2.05, 4.69) is 210 Å². The van der Waals surface area contributed by atoms with Crippen LogP contribution in [0.25, 0.3) is 106 Å². The first-order valence-corrected chi connectivity index (χ1v) is 20.0. The number of nitrogens with zero attached hydrogens (tertiary/aromatic N) is 4. The van der Waals surface area contributed by atoms with Crippen LogP contribution < -0.4 is 0 Å². The fraction of sp³-hybridized carbons (Fsp3) is 0.0182. The van der Waals surface area contributed by atoms with Crippen LogP contribution in [-0.4, -0.2) is 19.1 Å². The van der Waals surface area contributed by atoms with Gasteiger partial charge in [0.2, 0.25) is 0 Å². The van der Waals surface area contributed by atoms with E-state index >= 15 is 0 Å². The van der Waals surface area contributed by atoms with E-state index in [0.717, 1.165) is 61.5 Å². The molecule has 0 saturated heterocycles. The highest BCUT2D eigenvalue weighted by Crippen LogP contribution is 2.38. The van der Waals surface area contributed by atoms with Gasteiger partial charge in [0.1, 0.15) is 5.82 Å². The van der Waals surface area contributed by atoms with Gasteiger partial charge in [0.25, 0.3) is 0 Å². The summed E-state index contributed by atoms with van der Waals surface area (Å²) in [6, 6.07) is 73.6. The second-order valence-corrected chi connectivity index (χ2v) is 15.2. The third-order valence-corrected chi connectivity index (χ3v) is 11.6. The van der Waals surface area contributed by atoms with Gasteiger partial charge in [0, 0.05) is 46.4 Å². The summed E-state index contributed by atoms with van der Waals surface area (Å²) < 4.78 is 4.58. The summed E-state index contributed by atoms with van der Waals surface area (Å²) in [7, 11) is 2.10. The van der Waals surface area contributed by atoms with E-state index in [1.165, 1.54) is 44.2 Å². The van der Waals surface area contributed by atoms with E-state index < -0.39 is 0 Å². The molecule has 0 spiro atoms. The van der Waals surface area contributed by atoms with Gasteiger partial charge in [0.15, 0.2) is 0 Å². The van der Waals surface area contributed by atoms with Crippen molar-refractivity contribution < 1.29 is 0 Å². The monoisotopic (exact) mass is 754 g/mol. The molecule has 0 unspecified atom stereocenters. The quantitative estimate of drug-likeness (QED) is 0.162. The number of aromatic nitrogens is 4. The normalized spacial score (nSPS) is 11.5. The van der Waals surface area contributed by atoms with Crippen molar-refractivity contribution in [1.82, 2.24) is 19.1 Å².